The summed E-state index contributed by atoms with van der Waals surface area (Å²) in [6.07, 6.45) is 0.239. The van der Waals surface area contributed by atoms with Crippen LogP contribution in [0, 0.1) is 0 Å². The number of benzene rings is 3. The third-order valence-corrected chi connectivity index (χ3v) is 4.91. The number of nitrogens with one attached hydrogen (secondary N) is 1. The molecule has 0 aliphatic carbocycles. The lowest BCUT2D eigenvalue weighted by atomic mass is 9.97. The van der Waals surface area contributed by atoms with Gasteiger partial charge >= 0.3 is 0 Å². The average molecular weight is 405 g/mol. The molecule has 0 aromatic heterocycles. The third-order valence-electron chi connectivity index (χ3n) is 4.91. The third kappa shape index (κ3) is 6.72. The second-order valence-corrected chi connectivity index (χ2v) is 7.22. The zero-order chi connectivity index (χ0) is 21.2. The van der Waals surface area contributed by atoms with Crippen molar-refractivity contribution in [3.63, 3.8) is 0 Å². The predicted octanol–water partition coefficient (Wildman–Crippen LogP) is 3.55. The van der Waals surface area contributed by atoms with Crippen LogP contribution in [0.3, 0.4) is 0 Å². The summed E-state index contributed by atoms with van der Waals surface area (Å²) >= 11 is 0. The molecule has 1 amide bonds. The smallest absolute Gasteiger partial charge is 0.221 e. The second kappa shape index (κ2) is 11.1. The van der Waals surface area contributed by atoms with Crippen LogP contribution in [0.15, 0.2) is 84.9 Å². The molecule has 0 aliphatic heterocycles. The van der Waals surface area contributed by atoms with Crippen molar-refractivity contribution in [2.24, 2.45) is 5.73 Å². The van der Waals surface area contributed by atoms with E-state index in [0.717, 1.165) is 22.4 Å². The Morgan fingerprint density at radius 3 is 2.10 bits per heavy atom. The summed E-state index contributed by atoms with van der Waals surface area (Å²) < 4.78 is 5.80. The molecule has 5 nitrogen and oxygen atoms in total. The van der Waals surface area contributed by atoms with E-state index in [1.165, 1.54) is 0 Å². The van der Waals surface area contributed by atoms with Crippen LogP contribution in [-0.4, -0.2) is 24.2 Å². The van der Waals surface area contributed by atoms with Gasteiger partial charge in [0.2, 0.25) is 5.91 Å². The van der Waals surface area contributed by atoms with Gasteiger partial charge in [0.1, 0.15) is 12.4 Å². The normalized spacial score (nSPS) is 12.8. The van der Waals surface area contributed by atoms with Gasteiger partial charge in [-0.25, -0.2) is 0 Å². The average Bonchev–Trinajstić information content (AvgIpc) is 2.77. The van der Waals surface area contributed by atoms with E-state index in [0.29, 0.717) is 19.6 Å². The first-order valence-corrected chi connectivity index (χ1v) is 10.1. The van der Waals surface area contributed by atoms with Crippen molar-refractivity contribution in [1.82, 2.24) is 5.32 Å². The van der Waals surface area contributed by atoms with Crippen LogP contribution in [0.2, 0.25) is 0 Å². The van der Waals surface area contributed by atoms with E-state index < -0.39 is 6.10 Å². The van der Waals surface area contributed by atoms with Crippen molar-refractivity contribution in [2.75, 3.05) is 13.2 Å². The van der Waals surface area contributed by atoms with Crippen LogP contribution < -0.4 is 15.8 Å². The molecule has 4 N–H and O–H groups in total. The molecule has 0 aliphatic rings. The lowest BCUT2D eigenvalue weighted by molar-refractivity contribution is -0.117. The van der Waals surface area contributed by atoms with Crippen molar-refractivity contribution < 1.29 is 14.6 Å². The van der Waals surface area contributed by atoms with Crippen LogP contribution in [-0.2, 0) is 11.2 Å². The van der Waals surface area contributed by atoms with Gasteiger partial charge in [0.25, 0.3) is 0 Å². The molecular formula is C25H28N2O3. The molecule has 0 spiro atoms. The van der Waals surface area contributed by atoms with Crippen LogP contribution in [0.25, 0.3) is 0 Å². The summed E-state index contributed by atoms with van der Waals surface area (Å²) in [5, 5.41) is 14.2. The molecule has 2 atom stereocenters. The van der Waals surface area contributed by atoms with E-state index >= 15 is 0 Å². The summed E-state index contributed by atoms with van der Waals surface area (Å²) in [4.78, 5) is 11.0. The lowest BCUT2D eigenvalue weighted by Crippen LogP contribution is -2.27. The fourth-order valence-corrected chi connectivity index (χ4v) is 3.36. The number of ether oxygens (including phenoxy) is 1. The minimum absolute atomic E-state index is 0.00273. The van der Waals surface area contributed by atoms with Crippen molar-refractivity contribution in [1.29, 1.82) is 0 Å². The lowest BCUT2D eigenvalue weighted by Gasteiger charge is -2.23. The number of primary amides is 1. The molecule has 0 heterocycles. The zero-order valence-electron chi connectivity index (χ0n) is 16.9. The summed E-state index contributed by atoms with van der Waals surface area (Å²) in [5.74, 6) is 0.392. The minimum atomic E-state index is -0.553. The number of aliphatic hydroxyl groups is 1. The molecule has 0 fully saturated rings. The van der Waals surface area contributed by atoms with Crippen molar-refractivity contribution in [2.45, 2.75) is 25.0 Å². The highest BCUT2D eigenvalue weighted by Gasteiger charge is 2.17. The summed E-state index contributed by atoms with van der Waals surface area (Å²) in [6.45, 7) is 1.12. The summed E-state index contributed by atoms with van der Waals surface area (Å²) in [7, 11) is 0. The van der Waals surface area contributed by atoms with Crippen molar-refractivity contribution >= 4 is 5.91 Å². The molecule has 0 radical (unpaired) electrons. The fourth-order valence-electron chi connectivity index (χ4n) is 3.36. The van der Waals surface area contributed by atoms with Gasteiger partial charge in [-0.2, -0.15) is 0 Å². The number of carbonyl (C=O) groups is 1. The Morgan fingerprint density at radius 1 is 0.900 bits per heavy atom. The summed E-state index contributed by atoms with van der Waals surface area (Å²) in [6, 6.07) is 27.2. The van der Waals surface area contributed by atoms with E-state index in [2.05, 4.69) is 17.4 Å². The van der Waals surface area contributed by atoms with E-state index in [1.54, 1.807) is 0 Å². The fraction of sp³-hybridized carbons (Fsp3) is 0.240. The molecule has 30 heavy (non-hydrogen) atoms. The van der Waals surface area contributed by atoms with Crippen molar-refractivity contribution in [3.8, 4) is 5.75 Å². The first-order valence-electron chi connectivity index (χ1n) is 10.1. The standard InChI is InChI=1S/C25H28N2O3/c26-25(29)17-19-11-13-22(14-12-19)30-16-15-27-23(20-7-3-1-4-8-20)18-24(28)21-9-5-2-6-10-21/h1-14,23-24,27-28H,15-18H2,(H2,26,29). The first kappa shape index (κ1) is 21.6. The molecule has 5 heteroatoms. The van der Waals surface area contributed by atoms with Gasteiger partial charge in [-0.1, -0.05) is 72.8 Å². The van der Waals surface area contributed by atoms with Crippen LogP contribution in [0.4, 0.5) is 0 Å². The Morgan fingerprint density at radius 2 is 1.50 bits per heavy atom. The SMILES string of the molecule is NC(=O)Cc1ccc(OCCNC(CC(O)c2ccccc2)c2ccccc2)cc1. The second-order valence-electron chi connectivity index (χ2n) is 7.22. The maximum absolute atomic E-state index is 11.0. The van der Waals surface area contributed by atoms with E-state index in [4.69, 9.17) is 10.5 Å². The molecule has 3 aromatic rings. The number of amides is 1. The molecule has 3 rings (SSSR count). The van der Waals surface area contributed by atoms with E-state index in [9.17, 15) is 9.90 Å². The topological polar surface area (TPSA) is 84.6 Å². The Hall–Kier alpha value is -3.15. The van der Waals surface area contributed by atoms with Gasteiger partial charge in [0, 0.05) is 12.6 Å². The number of hydrogen-bond acceptors (Lipinski definition) is 4. The maximum atomic E-state index is 11.0. The van der Waals surface area contributed by atoms with Crippen molar-refractivity contribution in [3.05, 3.63) is 102 Å². The first-order chi connectivity index (χ1) is 14.6. The predicted molar refractivity (Wildman–Crippen MR) is 118 cm³/mol. The van der Waals surface area contributed by atoms with Gasteiger partial charge in [-0.3, -0.25) is 4.79 Å². The molecule has 0 saturated carbocycles. The molecule has 2 unspecified atom stereocenters. The Labute approximate surface area is 177 Å². The van der Waals surface area contributed by atoms with Gasteiger partial charge in [-0.15, -0.1) is 0 Å². The molecule has 3 aromatic carbocycles. The van der Waals surface area contributed by atoms with Gasteiger partial charge in [0.05, 0.1) is 12.5 Å². The number of rotatable bonds is 11. The molecule has 0 bridgehead atoms. The number of carbonyl (C=O) groups excluding carboxylic acids is 1. The van der Waals surface area contributed by atoms with Gasteiger partial charge in [-0.05, 0) is 35.2 Å². The number of hydrogen-bond donors (Lipinski definition) is 3. The zero-order valence-corrected chi connectivity index (χ0v) is 16.9. The Bertz CT molecular complexity index is 899. The number of nitrogens with two attached hydrogens (primary N) is 1. The van der Waals surface area contributed by atoms with E-state index in [-0.39, 0.29) is 18.4 Å². The van der Waals surface area contributed by atoms with E-state index in [1.807, 2.05) is 72.8 Å². The monoisotopic (exact) mass is 404 g/mol. The Balaban J connectivity index is 1.54. The quantitative estimate of drug-likeness (QED) is 0.427. The van der Waals surface area contributed by atoms with Gasteiger partial charge in [0.15, 0.2) is 0 Å². The van der Waals surface area contributed by atoms with Gasteiger partial charge < -0.3 is 20.9 Å². The largest absolute Gasteiger partial charge is 0.492 e. The van der Waals surface area contributed by atoms with Crippen LogP contribution >= 0.6 is 0 Å². The molecule has 156 valence electrons. The highest BCUT2D eigenvalue weighted by molar-refractivity contribution is 5.76. The summed E-state index contributed by atoms with van der Waals surface area (Å²) in [5.41, 5.74) is 8.12. The Kier molecular flexibility index (Phi) is 8.01. The maximum Gasteiger partial charge on any atom is 0.221 e. The van der Waals surface area contributed by atoms with Crippen LogP contribution in [0.1, 0.15) is 35.3 Å². The van der Waals surface area contributed by atoms with Crippen LogP contribution in [0.5, 0.6) is 5.75 Å². The highest BCUT2D eigenvalue weighted by Crippen LogP contribution is 2.26. The molecule has 0 saturated heterocycles. The number of aliphatic hydroxyl groups excluding tert-OH is 1. The molecular weight excluding hydrogens is 376 g/mol. The minimum Gasteiger partial charge on any atom is -0.492 e. The highest BCUT2D eigenvalue weighted by atomic mass is 16.5.